The highest BCUT2D eigenvalue weighted by Crippen LogP contribution is 2.33. The Kier molecular flexibility index (Phi) is 4.77. The number of rotatable bonds is 4. The molecule has 158 valence electrons. The third-order valence-electron chi connectivity index (χ3n) is 5.92. The van der Waals surface area contributed by atoms with Gasteiger partial charge in [-0.2, -0.15) is 4.68 Å². The van der Waals surface area contributed by atoms with Gasteiger partial charge in [-0.3, -0.25) is 4.98 Å². The Bertz CT molecular complexity index is 1220. The minimum atomic E-state index is 0.343. The summed E-state index contributed by atoms with van der Waals surface area (Å²) >= 11 is 0. The van der Waals surface area contributed by atoms with Crippen LogP contribution < -0.4 is 4.90 Å². The molecule has 0 N–H and O–H groups in total. The molecule has 0 aliphatic carbocycles. The number of hydrogen-bond acceptors (Lipinski definition) is 6. The summed E-state index contributed by atoms with van der Waals surface area (Å²) in [7, 11) is 0. The van der Waals surface area contributed by atoms with Crippen molar-refractivity contribution in [2.24, 2.45) is 0 Å². The number of aryl methyl sites for hydroxylation is 2. The number of anilines is 1. The van der Waals surface area contributed by atoms with Crippen LogP contribution in [-0.4, -0.2) is 41.3 Å². The second kappa shape index (κ2) is 7.61. The third kappa shape index (κ3) is 3.37. The average molecular weight is 415 g/mol. The van der Waals surface area contributed by atoms with Crippen LogP contribution in [0.3, 0.4) is 0 Å². The van der Waals surface area contributed by atoms with Gasteiger partial charge in [0.25, 0.3) is 0 Å². The van der Waals surface area contributed by atoms with E-state index in [2.05, 4.69) is 81.1 Å². The molecule has 1 aliphatic heterocycles. The first kappa shape index (κ1) is 19.4. The molecule has 0 saturated carbocycles. The number of aromatic nitrogens is 7. The first-order valence-electron chi connectivity index (χ1n) is 10.6. The van der Waals surface area contributed by atoms with Gasteiger partial charge in [-0.15, -0.1) is 5.10 Å². The van der Waals surface area contributed by atoms with Crippen molar-refractivity contribution < 1.29 is 0 Å². The van der Waals surface area contributed by atoms with Gasteiger partial charge in [0.2, 0.25) is 0 Å². The molecule has 0 bridgehead atoms. The van der Waals surface area contributed by atoms with Crippen molar-refractivity contribution in [3.8, 4) is 16.9 Å². The van der Waals surface area contributed by atoms with E-state index in [0.717, 1.165) is 53.9 Å². The van der Waals surface area contributed by atoms with E-state index in [1.165, 1.54) is 11.4 Å². The minimum Gasteiger partial charge on any atom is -0.364 e. The van der Waals surface area contributed by atoms with Gasteiger partial charge in [0.1, 0.15) is 5.82 Å². The maximum Gasteiger partial charge on any atom is 0.153 e. The third-order valence-corrected chi connectivity index (χ3v) is 5.92. The van der Waals surface area contributed by atoms with Crippen LogP contribution in [-0.2, 0) is 13.1 Å². The zero-order valence-corrected chi connectivity index (χ0v) is 18.3. The van der Waals surface area contributed by atoms with Crippen LogP contribution in [0, 0.1) is 13.8 Å². The van der Waals surface area contributed by atoms with E-state index in [9.17, 15) is 0 Å². The van der Waals surface area contributed by atoms with Crippen molar-refractivity contribution in [1.82, 2.24) is 34.7 Å². The second-order valence-corrected chi connectivity index (χ2v) is 8.27. The molecule has 31 heavy (non-hydrogen) atoms. The molecule has 0 spiro atoms. The first-order chi connectivity index (χ1) is 15.0. The van der Waals surface area contributed by atoms with Crippen LogP contribution in [0.2, 0.25) is 0 Å². The lowest BCUT2D eigenvalue weighted by Gasteiger charge is -2.31. The summed E-state index contributed by atoms with van der Waals surface area (Å²) in [5.74, 6) is 2.18. The summed E-state index contributed by atoms with van der Waals surface area (Å²) in [5.41, 5.74) is 6.68. The zero-order chi connectivity index (χ0) is 21.5. The molecule has 1 aliphatic rings. The predicted octanol–water partition coefficient (Wildman–Crippen LogP) is 3.68. The van der Waals surface area contributed by atoms with Gasteiger partial charge in [0.05, 0.1) is 29.3 Å². The van der Waals surface area contributed by atoms with Gasteiger partial charge in [-0.1, -0.05) is 13.8 Å². The standard InChI is InChI=1S/C23H26N8/c1-15(2)22-20(6-5-11-24-22)23-21-14-29(12-13-30(21)16(3)25-23)18-7-9-19(10-8-18)31-17(4)26-27-28-31/h5-11,15H,12-14H2,1-4H3. The Balaban J connectivity index is 1.48. The number of pyridine rings is 1. The largest absolute Gasteiger partial charge is 0.364 e. The summed E-state index contributed by atoms with van der Waals surface area (Å²) in [6.45, 7) is 11.0. The molecule has 0 saturated heterocycles. The van der Waals surface area contributed by atoms with Crippen LogP contribution in [0.5, 0.6) is 0 Å². The van der Waals surface area contributed by atoms with Crippen molar-refractivity contribution >= 4 is 5.69 Å². The summed E-state index contributed by atoms with van der Waals surface area (Å²) < 4.78 is 4.09. The number of imidazole rings is 1. The Labute approximate surface area is 181 Å². The van der Waals surface area contributed by atoms with E-state index >= 15 is 0 Å². The summed E-state index contributed by atoms with van der Waals surface area (Å²) in [6.07, 6.45) is 1.87. The minimum absolute atomic E-state index is 0.343. The number of hydrogen-bond donors (Lipinski definition) is 0. The molecular formula is C23H26N8. The molecular weight excluding hydrogens is 388 g/mol. The van der Waals surface area contributed by atoms with Crippen LogP contribution in [0.15, 0.2) is 42.6 Å². The molecule has 0 radical (unpaired) electrons. The topological polar surface area (TPSA) is 77.5 Å². The Hall–Kier alpha value is -3.55. The molecule has 4 aromatic rings. The van der Waals surface area contributed by atoms with Crippen LogP contribution in [0.1, 0.15) is 42.8 Å². The highest BCUT2D eigenvalue weighted by atomic mass is 15.5. The van der Waals surface area contributed by atoms with Gasteiger partial charge in [0, 0.05) is 30.5 Å². The van der Waals surface area contributed by atoms with Gasteiger partial charge in [0.15, 0.2) is 5.82 Å². The van der Waals surface area contributed by atoms with E-state index in [1.807, 2.05) is 19.2 Å². The molecule has 0 fully saturated rings. The van der Waals surface area contributed by atoms with E-state index in [-0.39, 0.29) is 0 Å². The molecule has 5 rings (SSSR count). The van der Waals surface area contributed by atoms with E-state index < -0.39 is 0 Å². The molecule has 0 unspecified atom stereocenters. The highest BCUT2D eigenvalue weighted by Gasteiger charge is 2.25. The van der Waals surface area contributed by atoms with Gasteiger partial charge >= 0.3 is 0 Å². The number of benzene rings is 1. The first-order valence-corrected chi connectivity index (χ1v) is 10.6. The van der Waals surface area contributed by atoms with Crippen molar-refractivity contribution in [2.45, 2.75) is 46.7 Å². The lowest BCUT2D eigenvalue weighted by molar-refractivity contribution is 0.560. The average Bonchev–Trinajstić information content (AvgIpc) is 3.36. The molecule has 4 heterocycles. The van der Waals surface area contributed by atoms with Crippen molar-refractivity contribution in [3.63, 3.8) is 0 Å². The molecule has 0 amide bonds. The van der Waals surface area contributed by atoms with Gasteiger partial charge in [-0.25, -0.2) is 4.98 Å². The predicted molar refractivity (Wildman–Crippen MR) is 119 cm³/mol. The highest BCUT2D eigenvalue weighted by molar-refractivity contribution is 5.67. The fourth-order valence-electron chi connectivity index (χ4n) is 4.34. The van der Waals surface area contributed by atoms with Crippen LogP contribution in [0.25, 0.3) is 16.9 Å². The summed E-state index contributed by atoms with van der Waals surface area (Å²) in [6, 6.07) is 12.6. The lowest BCUT2D eigenvalue weighted by atomic mass is 10.00. The molecule has 1 aromatic carbocycles. The number of nitrogens with zero attached hydrogens (tertiary/aromatic N) is 8. The van der Waals surface area contributed by atoms with E-state index in [4.69, 9.17) is 4.98 Å². The van der Waals surface area contributed by atoms with E-state index in [0.29, 0.717) is 5.92 Å². The fourth-order valence-corrected chi connectivity index (χ4v) is 4.34. The van der Waals surface area contributed by atoms with Crippen molar-refractivity contribution in [1.29, 1.82) is 0 Å². The fraction of sp³-hybridized carbons (Fsp3) is 0.348. The smallest absolute Gasteiger partial charge is 0.153 e. The maximum absolute atomic E-state index is 4.96. The molecule has 8 heteroatoms. The Morgan fingerprint density at radius 2 is 1.71 bits per heavy atom. The SMILES string of the molecule is Cc1nnnn1-c1ccc(N2CCn3c(C)nc(-c4cccnc4C(C)C)c3C2)cc1. The van der Waals surface area contributed by atoms with E-state index in [1.54, 1.807) is 4.68 Å². The zero-order valence-electron chi connectivity index (χ0n) is 18.3. The van der Waals surface area contributed by atoms with Gasteiger partial charge in [-0.05, 0) is 66.6 Å². The van der Waals surface area contributed by atoms with Crippen LogP contribution in [0.4, 0.5) is 5.69 Å². The number of tetrazole rings is 1. The molecule has 0 atom stereocenters. The maximum atomic E-state index is 4.96. The lowest BCUT2D eigenvalue weighted by Crippen LogP contribution is -2.34. The normalized spacial score (nSPS) is 13.6. The Morgan fingerprint density at radius 1 is 0.935 bits per heavy atom. The van der Waals surface area contributed by atoms with Crippen LogP contribution >= 0.6 is 0 Å². The van der Waals surface area contributed by atoms with Crippen molar-refractivity contribution in [2.75, 3.05) is 11.4 Å². The Morgan fingerprint density at radius 3 is 2.42 bits per heavy atom. The monoisotopic (exact) mass is 414 g/mol. The van der Waals surface area contributed by atoms with Crippen molar-refractivity contribution in [3.05, 3.63) is 65.6 Å². The molecule has 8 nitrogen and oxygen atoms in total. The second-order valence-electron chi connectivity index (χ2n) is 8.27. The quantitative estimate of drug-likeness (QED) is 0.507. The summed E-state index contributed by atoms with van der Waals surface area (Å²) in [4.78, 5) is 12.0. The summed E-state index contributed by atoms with van der Waals surface area (Å²) in [5, 5.41) is 11.8. The number of fused-ring (bicyclic) bond motifs is 1. The molecule has 3 aromatic heterocycles. The van der Waals surface area contributed by atoms with Gasteiger partial charge < -0.3 is 9.47 Å².